The molecule has 0 amide bonds. The minimum atomic E-state index is 0. The van der Waals surface area contributed by atoms with Gasteiger partial charge in [0, 0.05) is 114 Å². The smallest absolute Gasteiger partial charge is 0 e. The largest absolute Gasteiger partial charge is 0 e. The van der Waals surface area contributed by atoms with E-state index in [-0.39, 0.29) is 114 Å². The maximum Gasteiger partial charge on any atom is 0 e. The van der Waals surface area contributed by atoms with Crippen molar-refractivity contribution in [3.63, 3.8) is 0 Å². The standard InChI is InChI=1S/Ce.Cu.Mn.Ni.Ti. The van der Waals surface area contributed by atoms with Crippen molar-refractivity contribution in [2.24, 2.45) is 0 Å². The van der Waals surface area contributed by atoms with Gasteiger partial charge in [0.2, 0.25) is 0 Å². The van der Waals surface area contributed by atoms with Crippen LogP contribution in [0.4, 0.5) is 0 Å². The van der Waals surface area contributed by atoms with Crippen molar-refractivity contribution in [3.8, 4) is 0 Å². The van der Waals surface area contributed by atoms with Gasteiger partial charge in [-0.3, -0.25) is 0 Å². The first kappa shape index (κ1) is 38.2. The Kier molecular flexibility index (Phi) is 194. The fourth-order valence-corrected chi connectivity index (χ4v) is 0. The molecule has 0 nitrogen and oxygen atoms in total. The molecule has 0 saturated carbocycles. The number of hydrogen-bond donors (Lipinski definition) is 0. The Hall–Kier alpha value is 3.62. The predicted molar refractivity (Wildman–Crippen MR) is 0 cm³/mol. The Morgan fingerprint density at radius 3 is 1.00 bits per heavy atom. The average molecular weight is 365 g/mol. The first-order chi connectivity index (χ1) is 0. The van der Waals surface area contributed by atoms with Gasteiger partial charge in [0.1, 0.15) is 0 Å². The van der Waals surface area contributed by atoms with Crippen LogP contribution in [0, 0.1) is 41.7 Å². The zero-order chi connectivity index (χ0) is 0. The van der Waals surface area contributed by atoms with Gasteiger partial charge in [-0.1, -0.05) is 0 Å². The predicted octanol–water partition coefficient (Wildman–Crippen LogP) is -0.0100. The van der Waals surface area contributed by atoms with Crippen molar-refractivity contribution in [2.75, 3.05) is 0 Å². The summed E-state index contributed by atoms with van der Waals surface area (Å²) >= 11 is 0. The molecule has 0 saturated heterocycles. The molecule has 0 N–H and O–H groups in total. The first-order valence-corrected chi connectivity index (χ1v) is 0. The summed E-state index contributed by atoms with van der Waals surface area (Å²) in [5.41, 5.74) is 0. The van der Waals surface area contributed by atoms with Gasteiger partial charge in [0.05, 0.1) is 0 Å². The Balaban J connectivity index is 0. The summed E-state index contributed by atoms with van der Waals surface area (Å²) in [5, 5.41) is 0. The zero-order valence-corrected chi connectivity index (χ0v) is 9.81. The molecule has 0 aromatic heterocycles. The van der Waals surface area contributed by atoms with Gasteiger partial charge in [0.15, 0.2) is 0 Å². The first-order valence-electron chi connectivity index (χ1n) is 0. The van der Waals surface area contributed by atoms with Gasteiger partial charge < -0.3 is 0 Å². The van der Waals surface area contributed by atoms with E-state index in [2.05, 4.69) is 0 Å². The molecule has 0 unspecified atom stereocenters. The van der Waals surface area contributed by atoms with Crippen LogP contribution in [0.2, 0.25) is 0 Å². The van der Waals surface area contributed by atoms with E-state index in [1.807, 2.05) is 0 Å². The van der Waals surface area contributed by atoms with Gasteiger partial charge in [-0.05, 0) is 0 Å². The second kappa shape index (κ2) is 25.5. The Labute approximate surface area is 111 Å². The van der Waals surface area contributed by atoms with Crippen LogP contribution in [0.3, 0.4) is 0 Å². The van der Waals surface area contributed by atoms with E-state index in [0.717, 1.165) is 0 Å². The summed E-state index contributed by atoms with van der Waals surface area (Å²) in [6, 6.07) is 0. The van der Waals surface area contributed by atoms with Gasteiger partial charge >= 0.3 is 0 Å². The minimum Gasteiger partial charge on any atom is 0 e. The topological polar surface area (TPSA) is 0 Å². The minimum absolute atomic E-state index is 0. The fourth-order valence-electron chi connectivity index (χ4n) is 0. The zero-order valence-electron chi connectivity index (χ0n) is 2.00. The second-order valence-electron chi connectivity index (χ2n) is 0. The second-order valence-corrected chi connectivity index (χ2v) is 0. The van der Waals surface area contributed by atoms with Crippen molar-refractivity contribution in [2.45, 2.75) is 0 Å². The van der Waals surface area contributed by atoms with Crippen molar-refractivity contribution in [1.29, 1.82) is 0 Å². The van der Waals surface area contributed by atoms with E-state index in [9.17, 15) is 0 Å². The van der Waals surface area contributed by atoms with Gasteiger partial charge in [0.25, 0.3) is 0 Å². The molecule has 0 aromatic rings. The van der Waals surface area contributed by atoms with Crippen LogP contribution in [0.25, 0.3) is 0 Å². The monoisotopic (exact) mass is 364 g/mol. The van der Waals surface area contributed by atoms with E-state index in [1.165, 1.54) is 0 Å². The number of rotatable bonds is 0. The van der Waals surface area contributed by atoms with Crippen LogP contribution in [0.5, 0.6) is 0 Å². The number of hydrogen-bond acceptors (Lipinski definition) is 0. The molecular weight excluding hydrogens is 365 g/mol. The molecular formula is CeCuMnNiTi. The van der Waals surface area contributed by atoms with Gasteiger partial charge in [-0.25, -0.2) is 0 Å². The molecule has 2 radical (unpaired) electrons. The van der Waals surface area contributed by atoms with Crippen LogP contribution in [0.15, 0.2) is 0 Å². The molecule has 0 aliphatic carbocycles. The summed E-state index contributed by atoms with van der Waals surface area (Å²) < 4.78 is 0. The van der Waals surface area contributed by atoms with Crippen LogP contribution in [-0.2, 0) is 72.3 Å². The molecule has 0 spiro atoms. The third-order valence-electron chi connectivity index (χ3n) is 0. The molecule has 5 heavy (non-hydrogen) atoms. The van der Waals surface area contributed by atoms with Crippen LogP contribution < -0.4 is 0 Å². The van der Waals surface area contributed by atoms with E-state index in [0.29, 0.717) is 0 Å². The molecule has 0 fully saturated rings. The Bertz CT molecular complexity index is 11.6. The van der Waals surface area contributed by atoms with Crippen molar-refractivity contribution >= 4 is 0 Å². The molecule has 5 heteroatoms. The summed E-state index contributed by atoms with van der Waals surface area (Å²) in [6.45, 7) is 0. The van der Waals surface area contributed by atoms with Crippen molar-refractivity contribution in [1.82, 2.24) is 0 Å². The molecule has 0 aliphatic rings. The summed E-state index contributed by atoms with van der Waals surface area (Å²) in [7, 11) is 0. The third-order valence-corrected chi connectivity index (χ3v) is 0. The maximum atomic E-state index is 0. The normalized spacial score (nSPS) is 0. The van der Waals surface area contributed by atoms with Crippen LogP contribution in [0.1, 0.15) is 0 Å². The van der Waals surface area contributed by atoms with Gasteiger partial charge in [-0.15, -0.1) is 0 Å². The molecule has 0 heterocycles. The molecule has 0 aromatic carbocycles. The SMILES string of the molecule is [Ce].[Cu].[Mn].[Ni].[Ti]. The Morgan fingerprint density at radius 2 is 1.00 bits per heavy atom. The van der Waals surface area contributed by atoms with E-state index in [1.54, 1.807) is 0 Å². The van der Waals surface area contributed by atoms with E-state index < -0.39 is 0 Å². The quantitative estimate of drug-likeness (QED) is 0.530. The van der Waals surface area contributed by atoms with Gasteiger partial charge in [-0.2, -0.15) is 0 Å². The van der Waals surface area contributed by atoms with Crippen LogP contribution >= 0.6 is 0 Å². The fraction of sp³-hybridized carbons (Fsp3) is 0. The van der Waals surface area contributed by atoms with Crippen molar-refractivity contribution in [3.05, 3.63) is 0 Å². The average Bonchev–Trinajstić information content (AvgIpc) is 0. The molecule has 0 aliphatic heterocycles. The van der Waals surface area contributed by atoms with E-state index in [4.69, 9.17) is 0 Å². The third kappa shape index (κ3) is 18.4. The maximum absolute atomic E-state index is 0. The molecule has 0 rings (SSSR count). The van der Waals surface area contributed by atoms with E-state index >= 15 is 0 Å². The summed E-state index contributed by atoms with van der Waals surface area (Å²) in [5.74, 6) is 0. The van der Waals surface area contributed by atoms with Crippen LogP contribution in [-0.4, -0.2) is 0 Å². The molecule has 36 valence electrons. The van der Waals surface area contributed by atoms with Crippen molar-refractivity contribution < 1.29 is 114 Å². The summed E-state index contributed by atoms with van der Waals surface area (Å²) in [6.07, 6.45) is 0. The Morgan fingerprint density at radius 1 is 1.00 bits per heavy atom. The molecule has 0 atom stereocenters. The molecule has 0 bridgehead atoms. The summed E-state index contributed by atoms with van der Waals surface area (Å²) in [4.78, 5) is 0.